The first kappa shape index (κ1) is 14.0. The molecule has 0 bridgehead atoms. The van der Waals surface area contributed by atoms with E-state index >= 15 is 0 Å². The number of hydrogen-bond donors (Lipinski definition) is 1. The van der Waals surface area contributed by atoms with Crippen LogP contribution < -0.4 is 0 Å². The number of rotatable bonds is 6. The van der Waals surface area contributed by atoms with Crippen LogP contribution in [0, 0.1) is 11.8 Å². The molecule has 2 heteroatoms. The average Bonchev–Trinajstić information content (AvgIpc) is 2.22. The van der Waals surface area contributed by atoms with Gasteiger partial charge in [0, 0.05) is 6.61 Å². The molecule has 0 aromatic rings. The van der Waals surface area contributed by atoms with E-state index in [0.717, 1.165) is 25.4 Å². The summed E-state index contributed by atoms with van der Waals surface area (Å²) in [6.45, 7) is 7.19. The van der Waals surface area contributed by atoms with Crippen molar-refractivity contribution < 1.29 is 9.84 Å². The molecule has 16 heavy (non-hydrogen) atoms. The number of hydrogen-bond acceptors (Lipinski definition) is 2. The third kappa shape index (κ3) is 4.84. The quantitative estimate of drug-likeness (QED) is 0.755. The SMILES string of the molecule is CCCC1CCC(O)C(CCOC(C)C)C1. The molecule has 0 aromatic heterocycles. The molecule has 1 rings (SSSR count). The van der Waals surface area contributed by atoms with E-state index in [0.29, 0.717) is 12.0 Å². The van der Waals surface area contributed by atoms with Gasteiger partial charge in [0.25, 0.3) is 0 Å². The molecule has 1 aliphatic rings. The van der Waals surface area contributed by atoms with E-state index < -0.39 is 0 Å². The zero-order chi connectivity index (χ0) is 12.0. The van der Waals surface area contributed by atoms with Crippen molar-refractivity contribution in [2.24, 2.45) is 11.8 Å². The molecule has 2 nitrogen and oxygen atoms in total. The van der Waals surface area contributed by atoms with E-state index in [1.54, 1.807) is 0 Å². The molecule has 1 saturated carbocycles. The van der Waals surface area contributed by atoms with Crippen LogP contribution >= 0.6 is 0 Å². The lowest BCUT2D eigenvalue weighted by atomic mass is 9.76. The van der Waals surface area contributed by atoms with E-state index in [-0.39, 0.29) is 6.10 Å². The minimum atomic E-state index is -0.0798. The van der Waals surface area contributed by atoms with Crippen molar-refractivity contribution in [1.29, 1.82) is 0 Å². The molecule has 0 spiro atoms. The van der Waals surface area contributed by atoms with E-state index in [1.807, 2.05) is 0 Å². The first-order chi connectivity index (χ1) is 7.63. The summed E-state index contributed by atoms with van der Waals surface area (Å²) in [6, 6.07) is 0. The predicted molar refractivity (Wildman–Crippen MR) is 67.5 cm³/mol. The fourth-order valence-electron chi connectivity index (χ4n) is 2.78. The first-order valence-corrected chi connectivity index (χ1v) is 6.93. The van der Waals surface area contributed by atoms with Crippen LogP contribution in [-0.4, -0.2) is 23.9 Å². The van der Waals surface area contributed by atoms with E-state index in [9.17, 15) is 5.11 Å². The van der Waals surface area contributed by atoms with Gasteiger partial charge in [-0.05, 0) is 51.4 Å². The van der Waals surface area contributed by atoms with Crippen LogP contribution in [-0.2, 0) is 4.74 Å². The summed E-state index contributed by atoms with van der Waals surface area (Å²) in [4.78, 5) is 0. The summed E-state index contributed by atoms with van der Waals surface area (Å²) >= 11 is 0. The normalized spacial score (nSPS) is 30.9. The van der Waals surface area contributed by atoms with Crippen LogP contribution in [0.25, 0.3) is 0 Å². The Balaban J connectivity index is 2.26. The van der Waals surface area contributed by atoms with Gasteiger partial charge in [0.1, 0.15) is 0 Å². The van der Waals surface area contributed by atoms with Crippen molar-refractivity contribution in [3.8, 4) is 0 Å². The second-order valence-electron chi connectivity index (χ2n) is 5.50. The fourth-order valence-corrected chi connectivity index (χ4v) is 2.78. The number of ether oxygens (including phenoxy) is 1. The van der Waals surface area contributed by atoms with Gasteiger partial charge in [-0.1, -0.05) is 19.8 Å². The average molecular weight is 228 g/mol. The molecule has 1 aliphatic carbocycles. The highest BCUT2D eigenvalue weighted by atomic mass is 16.5. The van der Waals surface area contributed by atoms with Gasteiger partial charge < -0.3 is 9.84 Å². The Morgan fingerprint density at radius 1 is 1.25 bits per heavy atom. The van der Waals surface area contributed by atoms with Gasteiger partial charge in [0.05, 0.1) is 12.2 Å². The van der Waals surface area contributed by atoms with Gasteiger partial charge in [0.15, 0.2) is 0 Å². The van der Waals surface area contributed by atoms with Gasteiger partial charge in [-0.2, -0.15) is 0 Å². The summed E-state index contributed by atoms with van der Waals surface area (Å²) in [7, 11) is 0. The maximum Gasteiger partial charge on any atom is 0.0569 e. The van der Waals surface area contributed by atoms with Crippen molar-refractivity contribution >= 4 is 0 Å². The summed E-state index contributed by atoms with van der Waals surface area (Å²) in [5, 5.41) is 9.96. The molecular formula is C14H28O2. The maximum absolute atomic E-state index is 9.96. The van der Waals surface area contributed by atoms with Gasteiger partial charge in [-0.15, -0.1) is 0 Å². The summed E-state index contributed by atoms with van der Waals surface area (Å²) < 4.78 is 5.58. The monoisotopic (exact) mass is 228 g/mol. The third-order valence-electron chi connectivity index (χ3n) is 3.69. The van der Waals surface area contributed by atoms with Crippen LogP contribution in [0.2, 0.25) is 0 Å². The van der Waals surface area contributed by atoms with Gasteiger partial charge in [-0.3, -0.25) is 0 Å². The maximum atomic E-state index is 9.96. The third-order valence-corrected chi connectivity index (χ3v) is 3.69. The Morgan fingerprint density at radius 2 is 2.00 bits per heavy atom. The van der Waals surface area contributed by atoms with Crippen LogP contribution in [0.3, 0.4) is 0 Å². The minimum absolute atomic E-state index is 0.0798. The summed E-state index contributed by atoms with van der Waals surface area (Å²) in [6.07, 6.45) is 7.28. The van der Waals surface area contributed by atoms with E-state index in [2.05, 4.69) is 20.8 Å². The molecule has 0 heterocycles. The lowest BCUT2D eigenvalue weighted by Crippen LogP contribution is -2.30. The highest BCUT2D eigenvalue weighted by Crippen LogP contribution is 2.33. The topological polar surface area (TPSA) is 29.5 Å². The summed E-state index contributed by atoms with van der Waals surface area (Å²) in [5.74, 6) is 1.32. The first-order valence-electron chi connectivity index (χ1n) is 6.93. The van der Waals surface area contributed by atoms with Crippen LogP contribution in [0.15, 0.2) is 0 Å². The van der Waals surface area contributed by atoms with Gasteiger partial charge >= 0.3 is 0 Å². The van der Waals surface area contributed by atoms with Gasteiger partial charge in [0.2, 0.25) is 0 Å². The standard InChI is InChI=1S/C14H28O2/c1-4-5-12-6-7-14(15)13(10-12)8-9-16-11(2)3/h11-15H,4-10H2,1-3H3. The molecule has 0 aliphatic heterocycles. The Bertz CT molecular complexity index is 180. The van der Waals surface area contributed by atoms with Crippen molar-refractivity contribution in [2.75, 3.05) is 6.61 Å². The smallest absolute Gasteiger partial charge is 0.0569 e. The van der Waals surface area contributed by atoms with Crippen molar-refractivity contribution in [1.82, 2.24) is 0 Å². The molecule has 1 N–H and O–H groups in total. The Labute approximate surface area is 100 Å². The fraction of sp³-hybridized carbons (Fsp3) is 1.00. The molecule has 0 saturated heterocycles. The molecule has 3 atom stereocenters. The molecular weight excluding hydrogens is 200 g/mol. The largest absolute Gasteiger partial charge is 0.393 e. The van der Waals surface area contributed by atoms with E-state index in [4.69, 9.17) is 4.74 Å². The zero-order valence-electron chi connectivity index (χ0n) is 11.1. The molecule has 1 fully saturated rings. The zero-order valence-corrected chi connectivity index (χ0v) is 11.1. The molecule has 3 unspecified atom stereocenters. The second-order valence-corrected chi connectivity index (χ2v) is 5.50. The predicted octanol–water partition coefficient (Wildman–Crippen LogP) is 3.38. The number of aliphatic hydroxyl groups is 1. The number of aliphatic hydroxyl groups excluding tert-OH is 1. The van der Waals surface area contributed by atoms with Crippen LogP contribution in [0.4, 0.5) is 0 Å². The minimum Gasteiger partial charge on any atom is -0.393 e. The Kier molecular flexibility index (Phi) is 6.37. The Hall–Kier alpha value is -0.0800. The highest BCUT2D eigenvalue weighted by Gasteiger charge is 2.28. The highest BCUT2D eigenvalue weighted by molar-refractivity contribution is 4.79. The lowest BCUT2D eigenvalue weighted by molar-refractivity contribution is 0.00983. The molecule has 96 valence electrons. The Morgan fingerprint density at radius 3 is 2.62 bits per heavy atom. The summed E-state index contributed by atoms with van der Waals surface area (Å²) in [5.41, 5.74) is 0. The van der Waals surface area contributed by atoms with E-state index in [1.165, 1.54) is 25.7 Å². The molecule has 0 aromatic carbocycles. The second kappa shape index (κ2) is 7.29. The lowest BCUT2D eigenvalue weighted by Gasteiger charge is -2.33. The van der Waals surface area contributed by atoms with Gasteiger partial charge in [-0.25, -0.2) is 0 Å². The van der Waals surface area contributed by atoms with Crippen molar-refractivity contribution in [2.45, 2.75) is 71.5 Å². The van der Waals surface area contributed by atoms with Crippen LogP contribution in [0.1, 0.15) is 59.3 Å². The molecule has 0 radical (unpaired) electrons. The van der Waals surface area contributed by atoms with Crippen molar-refractivity contribution in [3.05, 3.63) is 0 Å². The van der Waals surface area contributed by atoms with Crippen molar-refractivity contribution in [3.63, 3.8) is 0 Å². The van der Waals surface area contributed by atoms with Crippen LogP contribution in [0.5, 0.6) is 0 Å². The molecule has 0 amide bonds.